The van der Waals surface area contributed by atoms with Gasteiger partial charge in [0, 0.05) is 11.6 Å². The van der Waals surface area contributed by atoms with Gasteiger partial charge in [-0.2, -0.15) is 10.2 Å². The minimum atomic E-state index is -2.69. The van der Waals surface area contributed by atoms with Gasteiger partial charge in [0.25, 0.3) is 6.43 Å². The van der Waals surface area contributed by atoms with Crippen LogP contribution in [0.4, 0.5) is 14.5 Å². The molecular formula is C21H21Br2F2N5O. The summed E-state index contributed by atoms with van der Waals surface area (Å²) in [6.45, 7) is 4.37. The molecule has 10 heteroatoms. The Hall–Kier alpha value is -2.07. The molecule has 1 aliphatic rings. The van der Waals surface area contributed by atoms with Crippen molar-refractivity contribution in [2.24, 2.45) is 0 Å². The summed E-state index contributed by atoms with van der Waals surface area (Å²) in [5, 5.41) is 11.4. The second-order valence-electron chi connectivity index (χ2n) is 7.71. The molecule has 3 aromatic rings. The van der Waals surface area contributed by atoms with Crippen LogP contribution in [0.5, 0.6) is 0 Å². The van der Waals surface area contributed by atoms with Gasteiger partial charge in [0.15, 0.2) is 0 Å². The van der Waals surface area contributed by atoms with Gasteiger partial charge in [-0.05, 0) is 76.2 Å². The molecule has 4 rings (SSSR count). The van der Waals surface area contributed by atoms with Crippen molar-refractivity contribution >= 4 is 43.5 Å². The summed E-state index contributed by atoms with van der Waals surface area (Å²) in [5.74, 6) is -0.144. The lowest BCUT2D eigenvalue weighted by atomic mass is 10.2. The fourth-order valence-corrected chi connectivity index (χ4v) is 4.63. The van der Waals surface area contributed by atoms with Crippen molar-refractivity contribution in [3.05, 3.63) is 61.6 Å². The van der Waals surface area contributed by atoms with Crippen LogP contribution in [0, 0.1) is 13.8 Å². The third-order valence-electron chi connectivity index (χ3n) is 5.26. The van der Waals surface area contributed by atoms with Gasteiger partial charge in [0.05, 0.1) is 32.6 Å². The molecule has 2 aromatic heterocycles. The highest BCUT2D eigenvalue weighted by Crippen LogP contribution is 2.45. The van der Waals surface area contributed by atoms with E-state index in [1.807, 2.05) is 36.7 Å². The van der Waals surface area contributed by atoms with E-state index < -0.39 is 6.43 Å². The maximum atomic E-state index is 13.3. The van der Waals surface area contributed by atoms with Crippen LogP contribution in [0.15, 0.2) is 33.2 Å². The largest absolute Gasteiger partial charge is 0.324 e. The Morgan fingerprint density at radius 2 is 1.94 bits per heavy atom. The topological polar surface area (TPSA) is 64.7 Å². The maximum Gasteiger partial charge on any atom is 0.283 e. The Balaban J connectivity index is 1.48. The third-order valence-corrected chi connectivity index (χ3v) is 7.22. The molecule has 1 aliphatic carbocycles. The zero-order chi connectivity index (χ0) is 22.3. The van der Waals surface area contributed by atoms with Crippen molar-refractivity contribution in [2.45, 2.75) is 52.1 Å². The molecule has 0 aliphatic heterocycles. The summed E-state index contributed by atoms with van der Waals surface area (Å²) in [7, 11) is 0. The quantitative estimate of drug-likeness (QED) is 0.404. The van der Waals surface area contributed by atoms with E-state index in [9.17, 15) is 13.6 Å². The van der Waals surface area contributed by atoms with E-state index in [-0.39, 0.29) is 24.1 Å². The molecule has 0 radical (unpaired) electrons. The number of benzene rings is 1. The van der Waals surface area contributed by atoms with Crippen LogP contribution in [-0.4, -0.2) is 25.5 Å². The SMILES string of the molecule is Cc1nn(Cc2cccc(NC(=O)Cn3nc(C(F)F)c(Br)c3C3CC3)c2)c(C)c1Br. The lowest BCUT2D eigenvalue weighted by Crippen LogP contribution is -2.21. The van der Waals surface area contributed by atoms with Crippen LogP contribution in [0.25, 0.3) is 0 Å². The van der Waals surface area contributed by atoms with Gasteiger partial charge in [-0.1, -0.05) is 12.1 Å². The molecule has 1 amide bonds. The van der Waals surface area contributed by atoms with E-state index in [4.69, 9.17) is 0 Å². The first-order chi connectivity index (χ1) is 14.7. The van der Waals surface area contributed by atoms with E-state index in [1.165, 1.54) is 4.68 Å². The lowest BCUT2D eigenvalue weighted by molar-refractivity contribution is -0.117. The van der Waals surface area contributed by atoms with Gasteiger partial charge < -0.3 is 5.32 Å². The number of hydrogen-bond acceptors (Lipinski definition) is 3. The van der Waals surface area contributed by atoms with Crippen molar-refractivity contribution < 1.29 is 13.6 Å². The summed E-state index contributed by atoms with van der Waals surface area (Å²) >= 11 is 6.78. The first kappa shape index (κ1) is 22.1. The highest BCUT2D eigenvalue weighted by Gasteiger charge is 2.34. The smallest absolute Gasteiger partial charge is 0.283 e. The average molecular weight is 557 g/mol. The first-order valence-electron chi connectivity index (χ1n) is 9.87. The number of rotatable bonds is 7. The van der Waals surface area contributed by atoms with Crippen molar-refractivity contribution in [3.8, 4) is 0 Å². The number of nitrogens with zero attached hydrogens (tertiary/aromatic N) is 4. The minimum absolute atomic E-state index is 0.119. The van der Waals surface area contributed by atoms with E-state index in [1.54, 1.807) is 6.07 Å². The van der Waals surface area contributed by atoms with Gasteiger partial charge >= 0.3 is 0 Å². The van der Waals surface area contributed by atoms with Gasteiger partial charge in [0.2, 0.25) is 5.91 Å². The molecule has 1 aromatic carbocycles. The molecule has 1 N–H and O–H groups in total. The number of anilines is 1. The molecule has 6 nitrogen and oxygen atoms in total. The number of carbonyl (C=O) groups is 1. The van der Waals surface area contributed by atoms with Gasteiger partial charge in [-0.25, -0.2) is 8.78 Å². The average Bonchev–Trinajstić information content (AvgIpc) is 3.45. The molecular weight excluding hydrogens is 536 g/mol. The van der Waals surface area contributed by atoms with Crippen LogP contribution in [-0.2, 0) is 17.9 Å². The lowest BCUT2D eigenvalue weighted by Gasteiger charge is -2.10. The zero-order valence-electron chi connectivity index (χ0n) is 17.0. The number of halogens is 4. The van der Waals surface area contributed by atoms with Crippen molar-refractivity contribution in [1.29, 1.82) is 0 Å². The Bertz CT molecular complexity index is 1140. The number of aromatic nitrogens is 4. The predicted octanol–water partition coefficient (Wildman–Crippen LogP) is 5.72. The van der Waals surface area contributed by atoms with Gasteiger partial charge in [-0.15, -0.1) is 0 Å². The monoisotopic (exact) mass is 555 g/mol. The molecule has 0 spiro atoms. The fourth-order valence-electron chi connectivity index (χ4n) is 3.56. The highest BCUT2D eigenvalue weighted by atomic mass is 79.9. The minimum Gasteiger partial charge on any atom is -0.324 e. The Morgan fingerprint density at radius 3 is 2.55 bits per heavy atom. The molecule has 0 atom stereocenters. The number of carbonyl (C=O) groups excluding carboxylic acids is 1. The fraction of sp³-hybridized carbons (Fsp3) is 0.381. The van der Waals surface area contributed by atoms with Crippen molar-refractivity contribution in [2.75, 3.05) is 5.32 Å². The Kier molecular flexibility index (Phi) is 6.30. The third kappa shape index (κ3) is 4.74. The number of amides is 1. The first-order valence-corrected chi connectivity index (χ1v) is 11.5. The molecule has 164 valence electrons. The molecule has 0 saturated heterocycles. The molecule has 1 saturated carbocycles. The van der Waals surface area contributed by atoms with E-state index in [0.717, 1.165) is 34.3 Å². The van der Waals surface area contributed by atoms with Crippen molar-refractivity contribution in [3.63, 3.8) is 0 Å². The molecule has 0 unspecified atom stereocenters. The standard InChI is InChI=1S/C21H21Br2F2N5O/c1-11-17(22)12(2)29(27-11)9-13-4-3-5-15(8-13)26-16(31)10-30-20(14-6-7-14)18(23)19(28-30)21(24)25/h3-5,8,14,21H,6-7,9-10H2,1-2H3,(H,26,31). The Labute approximate surface area is 195 Å². The number of nitrogens with one attached hydrogen (secondary N) is 1. The summed E-state index contributed by atoms with van der Waals surface area (Å²) in [4.78, 5) is 12.6. The van der Waals surface area contributed by atoms with Gasteiger partial charge in [-0.3, -0.25) is 14.2 Å². The predicted molar refractivity (Wildman–Crippen MR) is 120 cm³/mol. The summed E-state index contributed by atoms with van der Waals surface area (Å²) in [5.41, 5.74) is 3.93. The molecule has 0 bridgehead atoms. The second-order valence-corrected chi connectivity index (χ2v) is 9.29. The van der Waals surface area contributed by atoms with Crippen LogP contribution < -0.4 is 5.32 Å². The summed E-state index contributed by atoms with van der Waals surface area (Å²) < 4.78 is 31.1. The number of hydrogen-bond donors (Lipinski definition) is 1. The van der Waals surface area contributed by atoms with Crippen LogP contribution >= 0.6 is 31.9 Å². The molecule has 1 fully saturated rings. The summed E-state index contributed by atoms with van der Waals surface area (Å²) in [6.07, 6.45) is -0.861. The number of aryl methyl sites for hydroxylation is 1. The zero-order valence-corrected chi connectivity index (χ0v) is 20.2. The van der Waals surface area contributed by atoms with E-state index in [0.29, 0.717) is 22.4 Å². The molecule has 2 heterocycles. The van der Waals surface area contributed by atoms with E-state index in [2.05, 4.69) is 47.4 Å². The van der Waals surface area contributed by atoms with Crippen LogP contribution in [0.3, 0.4) is 0 Å². The normalized spacial score (nSPS) is 13.8. The van der Waals surface area contributed by atoms with Crippen molar-refractivity contribution in [1.82, 2.24) is 19.6 Å². The van der Waals surface area contributed by atoms with E-state index >= 15 is 0 Å². The number of alkyl halides is 2. The maximum absolute atomic E-state index is 13.3. The summed E-state index contributed by atoms with van der Waals surface area (Å²) in [6, 6.07) is 7.50. The molecule has 31 heavy (non-hydrogen) atoms. The Morgan fingerprint density at radius 1 is 1.19 bits per heavy atom. The van der Waals surface area contributed by atoms with Crippen LogP contribution in [0.1, 0.15) is 53.5 Å². The highest BCUT2D eigenvalue weighted by molar-refractivity contribution is 9.10. The van der Waals surface area contributed by atoms with Crippen LogP contribution in [0.2, 0.25) is 0 Å². The van der Waals surface area contributed by atoms with Gasteiger partial charge in [0.1, 0.15) is 12.2 Å². The second kappa shape index (κ2) is 8.82.